The molecule has 0 spiro atoms. The molecule has 2 aromatic carbocycles. The van der Waals surface area contributed by atoms with E-state index in [1.807, 2.05) is 61.7 Å². The van der Waals surface area contributed by atoms with Gasteiger partial charge in [-0.2, -0.15) is 5.10 Å². The van der Waals surface area contributed by atoms with E-state index in [1.54, 1.807) is 12.1 Å². The predicted molar refractivity (Wildman–Crippen MR) is 146 cm³/mol. The number of aromatic amines is 1. The Kier molecular flexibility index (Phi) is 5.51. The number of hydrogen-bond acceptors (Lipinski definition) is 7. The summed E-state index contributed by atoms with van der Waals surface area (Å²) in [6, 6.07) is 21.8. The second-order valence-electron chi connectivity index (χ2n) is 10.1. The monoisotopic (exact) mass is 506 g/mol. The fourth-order valence-electron chi connectivity index (χ4n) is 5.54. The molecule has 2 atom stereocenters. The maximum absolute atomic E-state index is 13.3. The Hall–Kier alpha value is -4.37. The lowest BCUT2D eigenvalue weighted by Gasteiger charge is -2.56. The van der Waals surface area contributed by atoms with Crippen molar-refractivity contribution in [2.45, 2.75) is 32.0 Å². The number of hydrogen-bond donors (Lipinski definition) is 2. The van der Waals surface area contributed by atoms with Gasteiger partial charge in [0, 0.05) is 60.6 Å². The van der Waals surface area contributed by atoms with Gasteiger partial charge in [0.2, 0.25) is 0 Å². The van der Waals surface area contributed by atoms with Crippen LogP contribution in [0.1, 0.15) is 17.7 Å². The molecular weight excluding hydrogens is 479 g/mol. The Bertz CT molecular complexity index is 1590. The van der Waals surface area contributed by atoms with Crippen molar-refractivity contribution in [1.29, 1.82) is 0 Å². The summed E-state index contributed by atoms with van der Waals surface area (Å²) >= 11 is 0. The number of nitrogens with one attached hydrogen (secondary N) is 2. The zero-order valence-electron chi connectivity index (χ0n) is 21.0. The molecule has 3 fully saturated rings. The summed E-state index contributed by atoms with van der Waals surface area (Å²) in [5, 5.41) is 11.5. The molecule has 5 aromatic rings. The van der Waals surface area contributed by atoms with E-state index in [0.29, 0.717) is 29.5 Å². The van der Waals surface area contributed by atoms with Crippen molar-refractivity contribution in [3.8, 4) is 11.4 Å². The topological polar surface area (TPSA) is 85.9 Å². The van der Waals surface area contributed by atoms with Gasteiger partial charge in [0.25, 0.3) is 0 Å². The van der Waals surface area contributed by atoms with Crippen LogP contribution in [-0.2, 0) is 6.54 Å². The summed E-state index contributed by atoms with van der Waals surface area (Å²) in [4.78, 5) is 19.3. The molecule has 8 nitrogen and oxygen atoms in total. The fourth-order valence-corrected chi connectivity index (χ4v) is 5.54. The Labute approximate surface area is 219 Å². The number of piperazine rings is 1. The Morgan fingerprint density at radius 3 is 2.55 bits per heavy atom. The van der Waals surface area contributed by atoms with E-state index in [-0.39, 0.29) is 5.82 Å². The summed E-state index contributed by atoms with van der Waals surface area (Å²) in [6.07, 6.45) is 3.06. The highest BCUT2D eigenvalue weighted by molar-refractivity contribution is 5.91. The first-order valence-electron chi connectivity index (χ1n) is 12.9. The van der Waals surface area contributed by atoms with Crippen LogP contribution in [0.3, 0.4) is 0 Å². The van der Waals surface area contributed by atoms with Gasteiger partial charge in [-0.05, 0) is 55.3 Å². The van der Waals surface area contributed by atoms with Crippen LogP contribution in [-0.4, -0.2) is 55.2 Å². The highest BCUT2D eigenvalue weighted by Gasteiger charge is 2.44. The normalized spacial score (nSPS) is 18.9. The maximum Gasteiger partial charge on any atom is 0.163 e. The van der Waals surface area contributed by atoms with E-state index in [0.717, 1.165) is 53.2 Å². The second kappa shape index (κ2) is 9.18. The molecule has 3 aromatic heterocycles. The molecule has 0 aliphatic carbocycles. The minimum absolute atomic E-state index is 0.187. The van der Waals surface area contributed by atoms with Crippen LogP contribution in [0.4, 0.5) is 21.8 Å². The fraction of sp³-hybridized carbons (Fsp3) is 0.241. The molecule has 190 valence electrons. The molecular formula is C29H27FN8. The van der Waals surface area contributed by atoms with E-state index in [4.69, 9.17) is 15.0 Å². The highest BCUT2D eigenvalue weighted by atomic mass is 19.1. The molecule has 9 heteroatoms. The van der Waals surface area contributed by atoms with E-state index < -0.39 is 0 Å². The number of rotatable bonds is 6. The van der Waals surface area contributed by atoms with Crippen molar-refractivity contribution in [3.63, 3.8) is 0 Å². The first kappa shape index (κ1) is 22.8. The molecule has 2 unspecified atom stereocenters. The van der Waals surface area contributed by atoms with E-state index >= 15 is 0 Å². The Morgan fingerprint density at radius 1 is 1.00 bits per heavy atom. The summed E-state index contributed by atoms with van der Waals surface area (Å²) in [5.41, 5.74) is 3.85. The Morgan fingerprint density at radius 2 is 1.82 bits per heavy atom. The lowest BCUT2D eigenvalue weighted by Crippen LogP contribution is -2.68. The van der Waals surface area contributed by atoms with Gasteiger partial charge in [-0.15, -0.1) is 0 Å². The summed E-state index contributed by atoms with van der Waals surface area (Å²) in [7, 11) is 0. The number of H-pyrrole nitrogens is 1. The smallest absolute Gasteiger partial charge is 0.163 e. The van der Waals surface area contributed by atoms with Crippen LogP contribution in [0.25, 0.3) is 22.3 Å². The number of aryl methyl sites for hydroxylation is 1. The van der Waals surface area contributed by atoms with Crippen LogP contribution in [0, 0.1) is 12.7 Å². The molecule has 2 bridgehead atoms. The summed E-state index contributed by atoms with van der Waals surface area (Å²) < 4.78 is 13.3. The summed E-state index contributed by atoms with van der Waals surface area (Å²) in [6.45, 7) is 4.70. The van der Waals surface area contributed by atoms with Crippen LogP contribution < -0.4 is 10.2 Å². The maximum atomic E-state index is 13.3. The van der Waals surface area contributed by atoms with Crippen LogP contribution >= 0.6 is 0 Å². The zero-order valence-corrected chi connectivity index (χ0v) is 21.0. The first-order chi connectivity index (χ1) is 18.6. The van der Waals surface area contributed by atoms with Gasteiger partial charge in [-0.3, -0.25) is 10.00 Å². The quantitative estimate of drug-likeness (QED) is 0.333. The first-order valence-corrected chi connectivity index (χ1v) is 12.9. The highest BCUT2D eigenvalue weighted by Crippen LogP contribution is 2.36. The van der Waals surface area contributed by atoms with Crippen molar-refractivity contribution < 1.29 is 4.39 Å². The van der Waals surface area contributed by atoms with Gasteiger partial charge < -0.3 is 10.2 Å². The molecule has 3 saturated heterocycles. The van der Waals surface area contributed by atoms with Crippen molar-refractivity contribution in [2.75, 3.05) is 23.3 Å². The van der Waals surface area contributed by atoms with Gasteiger partial charge in [-0.1, -0.05) is 24.3 Å². The second-order valence-corrected chi connectivity index (χ2v) is 10.1. The van der Waals surface area contributed by atoms with Crippen molar-refractivity contribution in [2.24, 2.45) is 0 Å². The molecule has 0 radical (unpaired) electrons. The van der Waals surface area contributed by atoms with Gasteiger partial charge in [-0.25, -0.2) is 19.3 Å². The van der Waals surface area contributed by atoms with E-state index in [2.05, 4.69) is 31.4 Å². The lowest BCUT2D eigenvalue weighted by atomic mass is 9.86. The number of para-hydroxylation sites is 1. The number of anilines is 3. The van der Waals surface area contributed by atoms with Crippen molar-refractivity contribution in [3.05, 3.63) is 90.0 Å². The summed E-state index contributed by atoms with van der Waals surface area (Å²) in [5.74, 6) is 2.81. The molecule has 8 rings (SSSR count). The number of fused-ring (bicyclic) bond motifs is 3. The molecule has 3 aliphatic rings. The standard InChI is InChI=1S/C29H27FN8/c1-18-12-26(36-35-18)33-29-24-4-2-3-5-25(24)32-28(34-29)20-8-11-27(31-14-20)37-16-22-13-23(17-37)38(22)15-19-6-9-21(30)10-7-19/h2-12,14,22-23H,13,15-17H2,1H3,(H2,32,33,34,35,36). The van der Waals surface area contributed by atoms with Gasteiger partial charge in [0.1, 0.15) is 17.5 Å². The van der Waals surface area contributed by atoms with Gasteiger partial charge in [0.05, 0.1) is 5.52 Å². The number of benzene rings is 2. The SMILES string of the molecule is Cc1cc(Nc2nc(-c3ccc(N4CC5CC(C4)N5Cc4ccc(F)cc4)nc3)nc3ccccc23)n[nH]1. The molecule has 6 heterocycles. The molecule has 3 aliphatic heterocycles. The van der Waals surface area contributed by atoms with Crippen LogP contribution in [0.5, 0.6) is 0 Å². The zero-order chi connectivity index (χ0) is 25.6. The number of aromatic nitrogens is 5. The lowest BCUT2D eigenvalue weighted by molar-refractivity contribution is -0.00869. The average Bonchev–Trinajstić information content (AvgIpc) is 3.37. The van der Waals surface area contributed by atoms with Gasteiger partial charge in [0.15, 0.2) is 11.6 Å². The minimum atomic E-state index is -0.187. The third-order valence-electron chi connectivity index (χ3n) is 7.51. The number of pyridine rings is 1. The van der Waals surface area contributed by atoms with Crippen molar-refractivity contribution >= 4 is 28.4 Å². The van der Waals surface area contributed by atoms with E-state index in [9.17, 15) is 4.39 Å². The number of piperidine rings is 1. The molecule has 0 amide bonds. The molecule has 0 saturated carbocycles. The number of nitrogens with zero attached hydrogens (tertiary/aromatic N) is 6. The third kappa shape index (κ3) is 4.24. The minimum Gasteiger partial charge on any atom is -0.353 e. The molecule has 2 N–H and O–H groups in total. The molecule has 38 heavy (non-hydrogen) atoms. The van der Waals surface area contributed by atoms with Crippen LogP contribution in [0.2, 0.25) is 0 Å². The third-order valence-corrected chi connectivity index (χ3v) is 7.51. The average molecular weight is 507 g/mol. The van der Waals surface area contributed by atoms with Crippen LogP contribution in [0.15, 0.2) is 72.9 Å². The number of halogens is 1. The predicted octanol–water partition coefficient (Wildman–Crippen LogP) is 5.07. The van der Waals surface area contributed by atoms with E-state index in [1.165, 1.54) is 6.42 Å². The van der Waals surface area contributed by atoms with Crippen molar-refractivity contribution in [1.82, 2.24) is 30.0 Å². The Balaban J connectivity index is 1.09. The van der Waals surface area contributed by atoms with Gasteiger partial charge >= 0.3 is 0 Å². The largest absolute Gasteiger partial charge is 0.353 e.